The van der Waals surface area contributed by atoms with Gasteiger partial charge in [-0.05, 0) is 28.7 Å². The monoisotopic (exact) mass is 454 g/mol. The number of carboxylic acids is 1. The van der Waals surface area contributed by atoms with E-state index in [1.165, 1.54) is 0 Å². The number of carbonyl (C=O) groups is 3. The molecule has 2 aromatic rings. The minimum atomic E-state index is -1.21. The van der Waals surface area contributed by atoms with E-state index in [1.54, 1.807) is 0 Å². The number of amides is 2. The lowest BCUT2D eigenvalue weighted by molar-refractivity contribution is -0.142. The fraction of sp³-hybridized carbons (Fsp3) is 0.400. The summed E-state index contributed by atoms with van der Waals surface area (Å²) in [5, 5.41) is 23.2. The van der Waals surface area contributed by atoms with Crippen molar-refractivity contribution < 1.29 is 29.3 Å². The van der Waals surface area contributed by atoms with Crippen molar-refractivity contribution in [2.24, 2.45) is 0 Å². The van der Waals surface area contributed by atoms with Gasteiger partial charge in [0.25, 0.3) is 0 Å². The van der Waals surface area contributed by atoms with Gasteiger partial charge in [0.15, 0.2) is 0 Å². The normalized spacial score (nSPS) is 14.0. The van der Waals surface area contributed by atoms with Gasteiger partial charge in [0, 0.05) is 31.4 Å². The first-order chi connectivity index (χ1) is 15.9. The third kappa shape index (κ3) is 6.10. The summed E-state index contributed by atoms with van der Waals surface area (Å²) in [6.07, 6.45) is 0.482. The standard InChI is InChI=1S/C25H30N2O6/c1-2-7-16(14-23(29)27-22(12-13-28)24(30)31)26-25(32)33-15-21-19-10-5-3-8-17(19)18-9-4-6-11-20(18)21/h3-6,8-11,16,21-22,28H,2,7,12-15H2,1H3,(H,26,32)(H,27,29)(H,30,31)/t16?,22-/m1/s1. The summed E-state index contributed by atoms with van der Waals surface area (Å²) in [6, 6.07) is 14.4. The van der Waals surface area contributed by atoms with E-state index >= 15 is 0 Å². The third-order valence-corrected chi connectivity index (χ3v) is 5.79. The molecule has 0 spiro atoms. The molecule has 176 valence electrons. The zero-order valence-electron chi connectivity index (χ0n) is 18.6. The molecule has 1 aliphatic rings. The van der Waals surface area contributed by atoms with Gasteiger partial charge in [0.05, 0.1) is 0 Å². The summed E-state index contributed by atoms with van der Waals surface area (Å²) in [4.78, 5) is 36.0. The average Bonchev–Trinajstić information content (AvgIpc) is 3.11. The van der Waals surface area contributed by atoms with Gasteiger partial charge in [-0.3, -0.25) is 4.79 Å². The number of carboxylic acid groups (broad SMARTS) is 1. The van der Waals surface area contributed by atoms with Gasteiger partial charge in [-0.25, -0.2) is 9.59 Å². The van der Waals surface area contributed by atoms with E-state index in [0.717, 1.165) is 28.7 Å². The highest BCUT2D eigenvalue weighted by molar-refractivity contribution is 5.84. The molecule has 2 atom stereocenters. The second-order valence-electron chi connectivity index (χ2n) is 8.13. The zero-order chi connectivity index (χ0) is 23.8. The van der Waals surface area contributed by atoms with Crippen LogP contribution < -0.4 is 10.6 Å². The summed E-state index contributed by atoms with van der Waals surface area (Å²) in [5.74, 6) is -1.78. The van der Waals surface area contributed by atoms with Crippen molar-refractivity contribution in [1.82, 2.24) is 10.6 Å². The fourth-order valence-corrected chi connectivity index (χ4v) is 4.24. The van der Waals surface area contributed by atoms with Gasteiger partial charge < -0.3 is 25.6 Å². The van der Waals surface area contributed by atoms with E-state index in [0.29, 0.717) is 6.42 Å². The van der Waals surface area contributed by atoms with Crippen LogP contribution in [-0.4, -0.2) is 53.5 Å². The topological polar surface area (TPSA) is 125 Å². The van der Waals surface area contributed by atoms with Crippen LogP contribution in [0.3, 0.4) is 0 Å². The van der Waals surface area contributed by atoms with Gasteiger partial charge in [-0.2, -0.15) is 0 Å². The summed E-state index contributed by atoms with van der Waals surface area (Å²) < 4.78 is 5.55. The highest BCUT2D eigenvalue weighted by Crippen LogP contribution is 2.44. The molecule has 3 rings (SSSR count). The summed E-state index contributed by atoms with van der Waals surface area (Å²) >= 11 is 0. The first kappa shape index (κ1) is 24.3. The number of fused-ring (bicyclic) bond motifs is 3. The van der Waals surface area contributed by atoms with Crippen molar-refractivity contribution in [3.63, 3.8) is 0 Å². The molecule has 4 N–H and O–H groups in total. The summed E-state index contributed by atoms with van der Waals surface area (Å²) in [6.45, 7) is 1.74. The molecule has 0 fully saturated rings. The number of hydrogen-bond donors (Lipinski definition) is 4. The number of hydrogen-bond acceptors (Lipinski definition) is 5. The number of ether oxygens (including phenoxy) is 1. The molecule has 2 aromatic carbocycles. The first-order valence-electron chi connectivity index (χ1n) is 11.2. The lowest BCUT2D eigenvalue weighted by Gasteiger charge is -2.20. The Morgan fingerprint density at radius 2 is 1.58 bits per heavy atom. The predicted octanol–water partition coefficient (Wildman–Crippen LogP) is 3.04. The molecular formula is C25H30N2O6. The molecular weight excluding hydrogens is 424 g/mol. The van der Waals surface area contributed by atoms with E-state index in [-0.39, 0.29) is 32.0 Å². The molecule has 33 heavy (non-hydrogen) atoms. The smallest absolute Gasteiger partial charge is 0.407 e. The first-order valence-corrected chi connectivity index (χ1v) is 11.2. The van der Waals surface area contributed by atoms with Crippen LogP contribution in [0.25, 0.3) is 11.1 Å². The van der Waals surface area contributed by atoms with Crippen LogP contribution in [0.2, 0.25) is 0 Å². The molecule has 0 heterocycles. The maximum Gasteiger partial charge on any atom is 0.407 e. The predicted molar refractivity (Wildman–Crippen MR) is 123 cm³/mol. The molecule has 0 bridgehead atoms. The average molecular weight is 455 g/mol. The van der Waals surface area contributed by atoms with Crippen LogP contribution in [0.15, 0.2) is 48.5 Å². The van der Waals surface area contributed by atoms with Crippen molar-refractivity contribution in [2.75, 3.05) is 13.2 Å². The molecule has 0 aliphatic heterocycles. The largest absolute Gasteiger partial charge is 0.480 e. The Bertz CT molecular complexity index is 947. The minimum absolute atomic E-state index is 0.0640. The Morgan fingerprint density at radius 1 is 0.970 bits per heavy atom. The zero-order valence-corrected chi connectivity index (χ0v) is 18.6. The lowest BCUT2D eigenvalue weighted by Crippen LogP contribution is -2.45. The number of nitrogens with one attached hydrogen (secondary N) is 2. The van der Waals surface area contributed by atoms with Gasteiger partial charge in [0.2, 0.25) is 5.91 Å². The quantitative estimate of drug-likeness (QED) is 0.414. The number of rotatable bonds is 11. The van der Waals surface area contributed by atoms with Crippen LogP contribution in [0.5, 0.6) is 0 Å². The van der Waals surface area contributed by atoms with Crippen LogP contribution in [0, 0.1) is 0 Å². The molecule has 1 aliphatic carbocycles. The van der Waals surface area contributed by atoms with Crippen molar-refractivity contribution in [2.45, 2.75) is 50.6 Å². The molecule has 2 amide bonds. The number of carbonyl (C=O) groups excluding carboxylic acids is 2. The number of aliphatic carboxylic acids is 1. The van der Waals surface area contributed by atoms with Crippen LogP contribution >= 0.6 is 0 Å². The lowest BCUT2D eigenvalue weighted by atomic mass is 9.98. The van der Waals surface area contributed by atoms with Crippen LogP contribution in [0.1, 0.15) is 49.7 Å². The Morgan fingerprint density at radius 3 is 2.12 bits per heavy atom. The molecule has 8 heteroatoms. The molecule has 0 saturated heterocycles. The number of benzene rings is 2. The van der Waals surface area contributed by atoms with Crippen molar-refractivity contribution in [1.29, 1.82) is 0 Å². The van der Waals surface area contributed by atoms with Crippen molar-refractivity contribution in [3.8, 4) is 11.1 Å². The van der Waals surface area contributed by atoms with E-state index in [2.05, 4.69) is 22.8 Å². The van der Waals surface area contributed by atoms with Gasteiger partial charge in [-0.1, -0.05) is 61.9 Å². The Kier molecular flexibility index (Phi) is 8.43. The maximum absolute atomic E-state index is 12.5. The maximum atomic E-state index is 12.5. The SMILES string of the molecule is CCCC(CC(=O)N[C@H](CCO)C(=O)O)NC(=O)OCC1c2ccccc2-c2ccccc21. The van der Waals surface area contributed by atoms with Crippen molar-refractivity contribution >= 4 is 18.0 Å². The van der Waals surface area contributed by atoms with Gasteiger partial charge >= 0.3 is 12.1 Å². The number of aliphatic hydroxyl groups is 1. The van der Waals surface area contributed by atoms with Gasteiger partial charge in [0.1, 0.15) is 12.6 Å². The summed E-state index contributed by atoms with van der Waals surface area (Å²) in [7, 11) is 0. The summed E-state index contributed by atoms with van der Waals surface area (Å²) in [5.41, 5.74) is 4.50. The van der Waals surface area contributed by atoms with Gasteiger partial charge in [-0.15, -0.1) is 0 Å². The Balaban J connectivity index is 1.58. The van der Waals surface area contributed by atoms with Crippen LogP contribution in [-0.2, 0) is 14.3 Å². The van der Waals surface area contributed by atoms with E-state index in [9.17, 15) is 14.4 Å². The second-order valence-corrected chi connectivity index (χ2v) is 8.13. The molecule has 0 saturated carbocycles. The number of alkyl carbamates (subject to hydrolysis) is 1. The van der Waals surface area contributed by atoms with E-state index < -0.39 is 30.1 Å². The molecule has 8 nitrogen and oxygen atoms in total. The highest BCUT2D eigenvalue weighted by atomic mass is 16.5. The van der Waals surface area contributed by atoms with Crippen LogP contribution in [0.4, 0.5) is 4.79 Å². The second kappa shape index (κ2) is 11.5. The molecule has 1 unspecified atom stereocenters. The molecule has 0 aromatic heterocycles. The van der Waals surface area contributed by atoms with E-state index in [1.807, 2.05) is 43.3 Å². The molecule has 0 radical (unpaired) electrons. The Labute approximate surface area is 193 Å². The van der Waals surface area contributed by atoms with E-state index in [4.69, 9.17) is 14.9 Å². The minimum Gasteiger partial charge on any atom is -0.480 e. The Hall–Kier alpha value is -3.39. The highest BCUT2D eigenvalue weighted by Gasteiger charge is 2.29. The fourth-order valence-electron chi connectivity index (χ4n) is 4.24. The number of aliphatic hydroxyl groups excluding tert-OH is 1. The van der Waals surface area contributed by atoms with Crippen molar-refractivity contribution in [3.05, 3.63) is 59.7 Å². The third-order valence-electron chi connectivity index (χ3n) is 5.79.